The van der Waals surface area contributed by atoms with E-state index in [1.165, 1.54) is 19.1 Å². The zero-order chi connectivity index (χ0) is 20.3. The van der Waals surface area contributed by atoms with Crippen LogP contribution < -0.4 is 10.1 Å². The third-order valence-electron chi connectivity index (χ3n) is 4.44. The summed E-state index contributed by atoms with van der Waals surface area (Å²) in [6, 6.07) is 7.65. The maximum Gasteiger partial charge on any atom is 0.265 e. The minimum absolute atomic E-state index is 0.0148. The highest BCUT2D eigenvalue weighted by Gasteiger charge is 2.24. The number of ether oxygens (including phenoxy) is 1. The van der Waals surface area contributed by atoms with Gasteiger partial charge < -0.3 is 15.0 Å². The molecule has 5 nitrogen and oxygen atoms in total. The third kappa shape index (κ3) is 4.59. The van der Waals surface area contributed by atoms with Crippen LogP contribution >= 0.6 is 11.6 Å². The minimum atomic E-state index is -1.07. The Balaban J connectivity index is 1.74. The first-order valence-electron chi connectivity index (χ1n) is 8.86. The van der Waals surface area contributed by atoms with Crippen LogP contribution in [0.5, 0.6) is 5.75 Å². The third-order valence-corrected chi connectivity index (χ3v) is 4.67. The molecule has 2 aromatic rings. The SMILES string of the molecule is CC(Oc1ccc(F)c(F)c1)C(=O)Nc1cc(Cl)ccc1C(=O)N1CCCC1. The summed E-state index contributed by atoms with van der Waals surface area (Å²) in [5.74, 6) is -2.80. The number of likely N-dealkylation sites (tertiary alicyclic amines) is 1. The number of rotatable bonds is 5. The van der Waals surface area contributed by atoms with Crippen LogP contribution in [0, 0.1) is 11.6 Å². The molecule has 1 fully saturated rings. The van der Waals surface area contributed by atoms with Crippen molar-refractivity contribution < 1.29 is 23.1 Å². The van der Waals surface area contributed by atoms with Crippen molar-refractivity contribution >= 4 is 29.1 Å². The highest BCUT2D eigenvalue weighted by atomic mass is 35.5. The van der Waals surface area contributed by atoms with Crippen molar-refractivity contribution in [2.24, 2.45) is 0 Å². The highest BCUT2D eigenvalue weighted by molar-refractivity contribution is 6.31. The van der Waals surface area contributed by atoms with Gasteiger partial charge in [0.2, 0.25) is 0 Å². The van der Waals surface area contributed by atoms with Gasteiger partial charge in [0, 0.05) is 24.2 Å². The van der Waals surface area contributed by atoms with Gasteiger partial charge in [-0.3, -0.25) is 9.59 Å². The number of carbonyl (C=O) groups excluding carboxylic acids is 2. The van der Waals surface area contributed by atoms with E-state index >= 15 is 0 Å². The molecular formula is C20H19ClF2N2O3. The fraction of sp³-hybridized carbons (Fsp3) is 0.300. The second-order valence-corrected chi connectivity index (χ2v) is 6.95. The normalized spacial score (nSPS) is 14.6. The lowest BCUT2D eigenvalue weighted by Crippen LogP contribution is -2.32. The highest BCUT2D eigenvalue weighted by Crippen LogP contribution is 2.25. The summed E-state index contributed by atoms with van der Waals surface area (Å²) < 4.78 is 31.7. The summed E-state index contributed by atoms with van der Waals surface area (Å²) in [4.78, 5) is 26.9. The molecule has 1 saturated heterocycles. The van der Waals surface area contributed by atoms with Gasteiger partial charge in [-0.05, 0) is 50.1 Å². The first-order chi connectivity index (χ1) is 13.3. The molecule has 2 aromatic carbocycles. The monoisotopic (exact) mass is 408 g/mol. The molecule has 0 aromatic heterocycles. The summed E-state index contributed by atoms with van der Waals surface area (Å²) in [6.07, 6.45) is 0.874. The van der Waals surface area contributed by atoms with Crippen molar-refractivity contribution in [2.45, 2.75) is 25.9 Å². The van der Waals surface area contributed by atoms with E-state index < -0.39 is 23.6 Å². The summed E-state index contributed by atoms with van der Waals surface area (Å²) in [5, 5.41) is 3.00. The number of nitrogens with one attached hydrogen (secondary N) is 1. The number of hydrogen-bond acceptors (Lipinski definition) is 3. The van der Waals surface area contributed by atoms with Gasteiger partial charge in [-0.15, -0.1) is 0 Å². The number of carbonyl (C=O) groups is 2. The van der Waals surface area contributed by atoms with Crippen molar-refractivity contribution in [3.8, 4) is 5.75 Å². The molecule has 1 aliphatic heterocycles. The van der Waals surface area contributed by atoms with Crippen molar-refractivity contribution in [3.63, 3.8) is 0 Å². The Morgan fingerprint density at radius 2 is 1.82 bits per heavy atom. The summed E-state index contributed by atoms with van der Waals surface area (Å²) >= 11 is 6.02. The maximum atomic E-state index is 13.3. The average molecular weight is 409 g/mol. The quantitative estimate of drug-likeness (QED) is 0.804. The summed E-state index contributed by atoms with van der Waals surface area (Å²) in [6.45, 7) is 2.80. The van der Waals surface area contributed by atoms with E-state index in [2.05, 4.69) is 5.32 Å². The molecule has 28 heavy (non-hydrogen) atoms. The van der Waals surface area contributed by atoms with E-state index in [1.54, 1.807) is 17.0 Å². The van der Waals surface area contributed by atoms with Crippen molar-refractivity contribution in [3.05, 3.63) is 58.6 Å². The molecule has 8 heteroatoms. The zero-order valence-corrected chi connectivity index (χ0v) is 15.9. The Bertz CT molecular complexity index is 901. The maximum absolute atomic E-state index is 13.3. The first kappa shape index (κ1) is 20.1. The molecule has 1 unspecified atom stereocenters. The molecule has 3 rings (SSSR count). The van der Waals surface area contributed by atoms with Gasteiger partial charge in [-0.2, -0.15) is 0 Å². The number of nitrogens with zero attached hydrogens (tertiary/aromatic N) is 1. The first-order valence-corrected chi connectivity index (χ1v) is 9.24. The van der Waals surface area contributed by atoms with Crippen LogP contribution in [0.25, 0.3) is 0 Å². The molecule has 0 spiro atoms. The Labute approximate surface area is 166 Å². The topological polar surface area (TPSA) is 58.6 Å². The van der Waals surface area contributed by atoms with Gasteiger partial charge in [-0.1, -0.05) is 11.6 Å². The number of hydrogen-bond donors (Lipinski definition) is 1. The molecule has 0 saturated carbocycles. The Hall–Kier alpha value is -2.67. The number of amides is 2. The van der Waals surface area contributed by atoms with Crippen LogP contribution in [0.3, 0.4) is 0 Å². The fourth-order valence-corrected chi connectivity index (χ4v) is 3.11. The Morgan fingerprint density at radius 1 is 1.11 bits per heavy atom. The van der Waals surface area contributed by atoms with Gasteiger partial charge in [0.05, 0.1) is 11.3 Å². The predicted octanol–water partition coefficient (Wildman–Crippen LogP) is 4.26. The average Bonchev–Trinajstić information content (AvgIpc) is 3.19. The van der Waals surface area contributed by atoms with Crippen LogP contribution in [0.1, 0.15) is 30.1 Å². The van der Waals surface area contributed by atoms with Crippen molar-refractivity contribution in [2.75, 3.05) is 18.4 Å². The van der Waals surface area contributed by atoms with E-state index in [1.807, 2.05) is 0 Å². The number of halogens is 3. The van der Waals surface area contributed by atoms with Gasteiger partial charge in [0.15, 0.2) is 17.7 Å². The largest absolute Gasteiger partial charge is 0.481 e. The lowest BCUT2D eigenvalue weighted by Gasteiger charge is -2.20. The van der Waals surface area contributed by atoms with E-state index in [0.717, 1.165) is 25.0 Å². The van der Waals surface area contributed by atoms with Crippen molar-refractivity contribution in [1.82, 2.24) is 4.90 Å². The lowest BCUT2D eigenvalue weighted by molar-refractivity contribution is -0.122. The van der Waals surface area contributed by atoms with Gasteiger partial charge >= 0.3 is 0 Å². The zero-order valence-electron chi connectivity index (χ0n) is 15.2. The Morgan fingerprint density at radius 3 is 2.50 bits per heavy atom. The van der Waals surface area contributed by atoms with Gasteiger partial charge in [0.1, 0.15) is 5.75 Å². The molecule has 0 bridgehead atoms. The second kappa shape index (κ2) is 8.56. The van der Waals surface area contributed by atoms with E-state index in [9.17, 15) is 18.4 Å². The molecule has 1 N–H and O–H groups in total. The fourth-order valence-electron chi connectivity index (χ4n) is 2.94. The molecular weight excluding hydrogens is 390 g/mol. The predicted molar refractivity (Wildman–Crippen MR) is 102 cm³/mol. The van der Waals surface area contributed by atoms with Crippen LogP contribution in [-0.4, -0.2) is 35.9 Å². The van der Waals surface area contributed by atoms with Crippen LogP contribution in [0.15, 0.2) is 36.4 Å². The van der Waals surface area contributed by atoms with E-state index in [4.69, 9.17) is 16.3 Å². The molecule has 0 aliphatic carbocycles. The van der Waals surface area contributed by atoms with Crippen LogP contribution in [0.4, 0.5) is 14.5 Å². The summed E-state index contributed by atoms with van der Waals surface area (Å²) in [7, 11) is 0. The smallest absolute Gasteiger partial charge is 0.265 e. The standard InChI is InChI=1S/C20H19ClF2N2O3/c1-12(28-14-5-7-16(22)17(23)11-14)19(26)24-18-10-13(21)4-6-15(18)20(27)25-8-2-3-9-25/h4-7,10-12H,2-3,8-9H2,1H3,(H,24,26). The van der Waals surface area contributed by atoms with Crippen LogP contribution in [0.2, 0.25) is 5.02 Å². The Kier molecular flexibility index (Phi) is 6.14. The van der Waals surface area contributed by atoms with Crippen molar-refractivity contribution in [1.29, 1.82) is 0 Å². The number of benzene rings is 2. The van der Waals surface area contributed by atoms with E-state index in [-0.39, 0.29) is 17.3 Å². The molecule has 1 heterocycles. The molecule has 2 amide bonds. The number of anilines is 1. The summed E-state index contributed by atoms with van der Waals surface area (Å²) in [5.41, 5.74) is 0.606. The lowest BCUT2D eigenvalue weighted by atomic mass is 10.1. The molecule has 1 atom stereocenters. The minimum Gasteiger partial charge on any atom is -0.481 e. The van der Waals surface area contributed by atoms with Gasteiger partial charge in [0.25, 0.3) is 11.8 Å². The molecule has 0 radical (unpaired) electrons. The van der Waals surface area contributed by atoms with Gasteiger partial charge in [-0.25, -0.2) is 8.78 Å². The van der Waals surface area contributed by atoms with Crippen LogP contribution in [-0.2, 0) is 4.79 Å². The van der Waals surface area contributed by atoms with E-state index in [0.29, 0.717) is 23.7 Å². The molecule has 1 aliphatic rings. The molecule has 148 valence electrons. The second-order valence-electron chi connectivity index (χ2n) is 6.51.